The first-order valence-electron chi connectivity index (χ1n) is 9.15. The number of hydrogen-bond acceptors (Lipinski definition) is 3. The van der Waals surface area contributed by atoms with Crippen LogP contribution < -0.4 is 5.32 Å². The number of ketones is 1. The lowest BCUT2D eigenvalue weighted by molar-refractivity contribution is -0.125. The van der Waals surface area contributed by atoms with E-state index in [9.17, 15) is 4.79 Å². The van der Waals surface area contributed by atoms with Crippen molar-refractivity contribution in [3.63, 3.8) is 0 Å². The van der Waals surface area contributed by atoms with Gasteiger partial charge in [0.05, 0.1) is 0 Å². The topological polar surface area (TPSA) is 32.3 Å². The Balaban J connectivity index is 1.63. The van der Waals surface area contributed by atoms with Crippen LogP contribution in [-0.4, -0.2) is 23.8 Å². The van der Waals surface area contributed by atoms with E-state index in [4.69, 9.17) is 0 Å². The molecule has 3 fully saturated rings. The summed E-state index contributed by atoms with van der Waals surface area (Å²) in [5, 5.41) is 3.59. The molecule has 0 saturated carbocycles. The number of fused-ring (bicyclic) bond motifs is 3. The van der Waals surface area contributed by atoms with Crippen molar-refractivity contribution < 1.29 is 4.79 Å². The molecule has 2 aromatic rings. The molecule has 1 N–H and O–H groups in total. The third-order valence-electron chi connectivity index (χ3n) is 5.27. The van der Waals surface area contributed by atoms with Crippen LogP contribution in [0.15, 0.2) is 72.1 Å². The molecule has 0 aromatic heterocycles. The van der Waals surface area contributed by atoms with E-state index in [-0.39, 0.29) is 5.92 Å². The van der Waals surface area contributed by atoms with Crippen LogP contribution in [0.5, 0.6) is 0 Å². The number of benzene rings is 2. The van der Waals surface area contributed by atoms with Crippen molar-refractivity contribution in [2.75, 3.05) is 13.1 Å². The molecular weight excluding hydrogens is 308 g/mol. The highest BCUT2D eigenvalue weighted by atomic mass is 16.1. The molecule has 0 spiro atoms. The van der Waals surface area contributed by atoms with E-state index in [1.54, 1.807) is 0 Å². The molecule has 0 atom stereocenters. The van der Waals surface area contributed by atoms with E-state index in [1.165, 1.54) is 11.1 Å². The summed E-state index contributed by atoms with van der Waals surface area (Å²) in [7, 11) is 0. The molecule has 2 bridgehead atoms. The predicted octanol–water partition coefficient (Wildman–Crippen LogP) is 3.53. The van der Waals surface area contributed by atoms with Crippen molar-refractivity contribution in [3.05, 3.63) is 83.2 Å². The highest BCUT2D eigenvalue weighted by Gasteiger charge is 2.38. The molecule has 3 saturated heterocycles. The standard InChI is InChI=1S/C22H24N2O/c25-22-19-11-13-24(14-12-19)21(22)20(15-17-7-3-1-4-8-17)23-16-18-9-5-2-6-10-18/h1-10,19,23H,11-16H2/b21-20+. The zero-order valence-electron chi connectivity index (χ0n) is 14.4. The van der Waals surface area contributed by atoms with Gasteiger partial charge in [-0.1, -0.05) is 60.7 Å². The Morgan fingerprint density at radius 3 is 2.12 bits per heavy atom. The summed E-state index contributed by atoms with van der Waals surface area (Å²) in [6.07, 6.45) is 2.80. The number of carbonyl (C=O) groups excluding carboxylic acids is 1. The fourth-order valence-corrected chi connectivity index (χ4v) is 3.89. The van der Waals surface area contributed by atoms with Gasteiger partial charge in [-0.15, -0.1) is 0 Å². The highest BCUT2D eigenvalue weighted by molar-refractivity contribution is 5.98. The van der Waals surface area contributed by atoms with E-state index >= 15 is 0 Å². The summed E-state index contributed by atoms with van der Waals surface area (Å²) >= 11 is 0. The Bertz CT molecular complexity index is 759. The van der Waals surface area contributed by atoms with Crippen molar-refractivity contribution in [2.45, 2.75) is 25.8 Å². The van der Waals surface area contributed by atoms with Crippen molar-refractivity contribution in [1.82, 2.24) is 10.2 Å². The van der Waals surface area contributed by atoms with Gasteiger partial charge in [-0.05, 0) is 24.0 Å². The molecular formula is C22H24N2O. The smallest absolute Gasteiger partial charge is 0.183 e. The summed E-state index contributed by atoms with van der Waals surface area (Å²) in [6.45, 7) is 2.77. The molecule has 3 heteroatoms. The second-order valence-electron chi connectivity index (χ2n) is 6.95. The number of hydrogen-bond donors (Lipinski definition) is 1. The molecule has 0 radical (unpaired) electrons. The number of nitrogens with one attached hydrogen (secondary N) is 1. The van der Waals surface area contributed by atoms with Crippen molar-refractivity contribution in [1.29, 1.82) is 0 Å². The number of carbonyl (C=O) groups is 1. The molecule has 0 aliphatic carbocycles. The molecule has 0 unspecified atom stereocenters. The van der Waals surface area contributed by atoms with Gasteiger partial charge in [-0.25, -0.2) is 0 Å². The number of nitrogens with zero attached hydrogens (tertiary/aromatic N) is 1. The molecule has 25 heavy (non-hydrogen) atoms. The average molecular weight is 332 g/mol. The molecule has 5 rings (SSSR count). The summed E-state index contributed by atoms with van der Waals surface area (Å²) in [4.78, 5) is 15.2. The number of allylic oxidation sites excluding steroid dienone is 2. The second kappa shape index (κ2) is 7.14. The van der Waals surface area contributed by atoms with Gasteiger partial charge >= 0.3 is 0 Å². The lowest BCUT2D eigenvalue weighted by Gasteiger charge is -2.42. The minimum atomic E-state index is 0.226. The maximum atomic E-state index is 12.9. The number of Topliss-reactive ketones (excluding diaryl/α,β-unsaturated/α-hetero) is 1. The Hall–Kier alpha value is -2.55. The zero-order chi connectivity index (χ0) is 17.1. The lowest BCUT2D eigenvalue weighted by atomic mass is 9.83. The van der Waals surface area contributed by atoms with Gasteiger partial charge < -0.3 is 10.2 Å². The summed E-state index contributed by atoms with van der Waals surface area (Å²) in [5.41, 5.74) is 4.48. The maximum Gasteiger partial charge on any atom is 0.183 e. The van der Waals surface area contributed by atoms with Gasteiger partial charge in [0.2, 0.25) is 0 Å². The first-order chi connectivity index (χ1) is 12.3. The Labute approximate surface area is 149 Å². The predicted molar refractivity (Wildman–Crippen MR) is 99.8 cm³/mol. The van der Waals surface area contributed by atoms with Gasteiger partial charge in [0.25, 0.3) is 0 Å². The van der Waals surface area contributed by atoms with Crippen LogP contribution in [0.1, 0.15) is 24.0 Å². The van der Waals surface area contributed by atoms with E-state index in [0.717, 1.165) is 50.3 Å². The van der Waals surface area contributed by atoms with Crippen molar-refractivity contribution in [2.24, 2.45) is 5.92 Å². The summed E-state index contributed by atoms with van der Waals surface area (Å²) < 4.78 is 0. The fraction of sp³-hybridized carbons (Fsp3) is 0.318. The molecule has 3 heterocycles. The first-order valence-corrected chi connectivity index (χ1v) is 9.15. The highest BCUT2D eigenvalue weighted by Crippen LogP contribution is 2.33. The Morgan fingerprint density at radius 1 is 0.920 bits per heavy atom. The molecule has 3 aliphatic heterocycles. The quantitative estimate of drug-likeness (QED) is 0.850. The monoisotopic (exact) mass is 332 g/mol. The third kappa shape index (κ3) is 3.46. The van der Waals surface area contributed by atoms with E-state index in [2.05, 4.69) is 58.7 Å². The van der Waals surface area contributed by atoms with Gasteiger partial charge in [0.1, 0.15) is 5.70 Å². The summed E-state index contributed by atoms with van der Waals surface area (Å²) in [5.74, 6) is 0.563. The van der Waals surface area contributed by atoms with E-state index in [1.807, 2.05) is 12.1 Å². The van der Waals surface area contributed by atoms with Crippen LogP contribution >= 0.6 is 0 Å². The van der Waals surface area contributed by atoms with Gasteiger partial charge in [0.15, 0.2) is 5.78 Å². The van der Waals surface area contributed by atoms with E-state index in [0.29, 0.717) is 5.78 Å². The average Bonchev–Trinajstić information content (AvgIpc) is 2.68. The van der Waals surface area contributed by atoms with Gasteiger partial charge in [-0.3, -0.25) is 4.79 Å². The molecule has 3 aliphatic rings. The molecule has 2 aromatic carbocycles. The Kier molecular flexibility index (Phi) is 4.55. The van der Waals surface area contributed by atoms with Crippen molar-refractivity contribution in [3.8, 4) is 0 Å². The van der Waals surface area contributed by atoms with E-state index < -0.39 is 0 Å². The molecule has 128 valence electrons. The Morgan fingerprint density at radius 2 is 1.52 bits per heavy atom. The SMILES string of the molecule is O=C1/C(=C(/Cc2ccccc2)NCc2ccccc2)N2CCC1CC2. The van der Waals surface area contributed by atoms with Crippen molar-refractivity contribution >= 4 is 5.78 Å². The third-order valence-corrected chi connectivity index (χ3v) is 5.27. The van der Waals surface area contributed by atoms with Crippen LogP contribution in [0.2, 0.25) is 0 Å². The molecule has 0 amide bonds. The number of piperidine rings is 3. The van der Waals surface area contributed by atoms with Crippen LogP contribution in [0.4, 0.5) is 0 Å². The maximum absolute atomic E-state index is 12.9. The van der Waals surface area contributed by atoms with Crippen LogP contribution in [0.3, 0.4) is 0 Å². The minimum Gasteiger partial charge on any atom is -0.382 e. The van der Waals surface area contributed by atoms with Crippen LogP contribution in [-0.2, 0) is 17.8 Å². The second-order valence-corrected chi connectivity index (χ2v) is 6.95. The van der Waals surface area contributed by atoms with Crippen LogP contribution in [0.25, 0.3) is 0 Å². The zero-order valence-corrected chi connectivity index (χ0v) is 14.4. The van der Waals surface area contributed by atoms with Gasteiger partial charge in [-0.2, -0.15) is 0 Å². The minimum absolute atomic E-state index is 0.226. The fourth-order valence-electron chi connectivity index (χ4n) is 3.89. The molecule has 3 nitrogen and oxygen atoms in total. The largest absolute Gasteiger partial charge is 0.382 e. The first kappa shape index (κ1) is 15.9. The number of rotatable bonds is 5. The lowest BCUT2D eigenvalue weighted by Crippen LogP contribution is -2.47. The van der Waals surface area contributed by atoms with Gasteiger partial charge in [0, 0.05) is 37.7 Å². The summed E-state index contributed by atoms with van der Waals surface area (Å²) in [6, 6.07) is 20.8. The van der Waals surface area contributed by atoms with Crippen LogP contribution in [0, 0.1) is 5.92 Å². The normalized spacial score (nSPS) is 19.2.